The normalized spacial score (nSPS) is 16.0. The van der Waals surface area contributed by atoms with Crippen LogP contribution in [0.4, 0.5) is 5.13 Å². The van der Waals surface area contributed by atoms with Crippen molar-refractivity contribution in [2.45, 2.75) is 12.5 Å². The molecule has 5 rings (SSSR count). The Morgan fingerprint density at radius 2 is 1.77 bits per heavy atom. The summed E-state index contributed by atoms with van der Waals surface area (Å²) in [6, 6.07) is 20.1. The molecule has 30 heavy (non-hydrogen) atoms. The van der Waals surface area contributed by atoms with Gasteiger partial charge in [-0.3, -0.25) is 4.98 Å². The number of thiazole rings is 1. The minimum atomic E-state index is 0.0570. The number of anilines is 1. The standard InChI is InChI=1S/C23H16BrClN4S/c24-18-7-3-15(4-8-18)20-12-22(17-2-1-11-26-13-17)29(28-20)23-27-21(14-30-23)16-5-9-19(25)10-6-16/h1-11,13-14,22H,12H2. The van der Waals surface area contributed by atoms with Crippen molar-refractivity contribution in [1.82, 2.24) is 9.97 Å². The first-order valence-corrected chi connectivity index (χ1v) is 11.5. The predicted molar refractivity (Wildman–Crippen MR) is 127 cm³/mol. The largest absolute Gasteiger partial charge is 0.264 e. The van der Waals surface area contributed by atoms with Gasteiger partial charge in [0.1, 0.15) is 0 Å². The summed E-state index contributed by atoms with van der Waals surface area (Å²) in [6.07, 6.45) is 4.50. The second-order valence-electron chi connectivity index (χ2n) is 6.93. The van der Waals surface area contributed by atoms with E-state index in [1.54, 1.807) is 17.5 Å². The van der Waals surface area contributed by atoms with Crippen LogP contribution in [-0.4, -0.2) is 15.7 Å². The molecule has 3 heterocycles. The fourth-order valence-electron chi connectivity index (χ4n) is 3.46. The van der Waals surface area contributed by atoms with Gasteiger partial charge in [-0.15, -0.1) is 11.3 Å². The average molecular weight is 496 g/mol. The van der Waals surface area contributed by atoms with E-state index in [1.165, 1.54) is 0 Å². The zero-order chi connectivity index (χ0) is 20.5. The van der Waals surface area contributed by atoms with Crippen LogP contribution in [0.5, 0.6) is 0 Å². The van der Waals surface area contributed by atoms with Crippen molar-refractivity contribution in [1.29, 1.82) is 0 Å². The van der Waals surface area contributed by atoms with Crippen LogP contribution in [0.2, 0.25) is 5.02 Å². The van der Waals surface area contributed by atoms with E-state index >= 15 is 0 Å². The topological polar surface area (TPSA) is 41.4 Å². The summed E-state index contributed by atoms with van der Waals surface area (Å²) in [5, 5.41) is 10.6. The van der Waals surface area contributed by atoms with E-state index in [2.05, 4.69) is 44.5 Å². The Balaban J connectivity index is 1.52. The molecule has 0 spiro atoms. The Labute approximate surface area is 192 Å². The number of hydrazone groups is 1. The molecule has 0 aliphatic carbocycles. The second-order valence-corrected chi connectivity index (χ2v) is 9.12. The number of nitrogens with zero attached hydrogens (tertiary/aromatic N) is 4. The zero-order valence-corrected chi connectivity index (χ0v) is 18.9. The molecule has 0 amide bonds. The Morgan fingerprint density at radius 3 is 2.50 bits per heavy atom. The van der Waals surface area contributed by atoms with Crippen molar-refractivity contribution < 1.29 is 0 Å². The monoisotopic (exact) mass is 494 g/mol. The van der Waals surface area contributed by atoms with Gasteiger partial charge in [-0.2, -0.15) is 5.10 Å². The molecule has 7 heteroatoms. The molecule has 0 saturated heterocycles. The number of hydrogen-bond donors (Lipinski definition) is 0. The summed E-state index contributed by atoms with van der Waals surface area (Å²) in [5.74, 6) is 0. The summed E-state index contributed by atoms with van der Waals surface area (Å²) in [4.78, 5) is 9.19. The lowest BCUT2D eigenvalue weighted by molar-refractivity contribution is 0.703. The minimum absolute atomic E-state index is 0.0570. The maximum atomic E-state index is 6.03. The Hall–Kier alpha value is -2.54. The predicted octanol–water partition coefficient (Wildman–Crippen LogP) is 6.98. The van der Waals surface area contributed by atoms with Crippen molar-refractivity contribution in [3.8, 4) is 11.3 Å². The summed E-state index contributed by atoms with van der Waals surface area (Å²) in [7, 11) is 0. The van der Waals surface area contributed by atoms with E-state index in [9.17, 15) is 0 Å². The smallest absolute Gasteiger partial charge is 0.207 e. The van der Waals surface area contributed by atoms with Gasteiger partial charge in [0.25, 0.3) is 0 Å². The van der Waals surface area contributed by atoms with Gasteiger partial charge in [0.05, 0.1) is 17.4 Å². The highest BCUT2D eigenvalue weighted by Crippen LogP contribution is 2.39. The fraction of sp³-hybridized carbons (Fsp3) is 0.0870. The van der Waals surface area contributed by atoms with Crippen LogP contribution in [0, 0.1) is 0 Å². The molecule has 1 atom stereocenters. The van der Waals surface area contributed by atoms with Gasteiger partial charge < -0.3 is 0 Å². The van der Waals surface area contributed by atoms with E-state index in [-0.39, 0.29) is 6.04 Å². The van der Waals surface area contributed by atoms with E-state index in [4.69, 9.17) is 21.7 Å². The van der Waals surface area contributed by atoms with Gasteiger partial charge in [-0.25, -0.2) is 9.99 Å². The minimum Gasteiger partial charge on any atom is -0.264 e. The summed E-state index contributed by atoms with van der Waals surface area (Å²) in [5.41, 5.74) is 5.24. The number of halogens is 2. The van der Waals surface area contributed by atoms with E-state index in [0.717, 1.165) is 44.1 Å². The molecule has 4 aromatic rings. The lowest BCUT2D eigenvalue weighted by Crippen LogP contribution is -2.18. The Bertz CT molecular complexity index is 1190. The summed E-state index contributed by atoms with van der Waals surface area (Å²) in [6.45, 7) is 0. The molecule has 0 fully saturated rings. The first-order valence-electron chi connectivity index (χ1n) is 9.41. The maximum absolute atomic E-state index is 6.03. The lowest BCUT2D eigenvalue weighted by atomic mass is 10.00. The fourth-order valence-corrected chi connectivity index (χ4v) is 4.68. The van der Waals surface area contributed by atoms with Crippen LogP contribution in [0.3, 0.4) is 0 Å². The third kappa shape index (κ3) is 3.90. The molecule has 0 radical (unpaired) electrons. The third-order valence-corrected chi connectivity index (χ3v) is 6.60. The van der Waals surface area contributed by atoms with Crippen LogP contribution in [0.25, 0.3) is 11.3 Å². The number of hydrogen-bond acceptors (Lipinski definition) is 5. The molecular weight excluding hydrogens is 480 g/mol. The van der Waals surface area contributed by atoms with Crippen LogP contribution in [-0.2, 0) is 0 Å². The van der Waals surface area contributed by atoms with E-state index in [1.807, 2.05) is 53.7 Å². The zero-order valence-electron chi connectivity index (χ0n) is 15.7. The highest BCUT2D eigenvalue weighted by atomic mass is 79.9. The van der Waals surface area contributed by atoms with E-state index < -0.39 is 0 Å². The third-order valence-electron chi connectivity index (χ3n) is 4.99. The molecule has 2 aromatic carbocycles. The van der Waals surface area contributed by atoms with Gasteiger partial charge in [-0.05, 0) is 41.5 Å². The number of pyridine rings is 1. The van der Waals surface area contributed by atoms with Crippen molar-refractivity contribution in [3.63, 3.8) is 0 Å². The molecule has 0 saturated carbocycles. The number of aromatic nitrogens is 2. The average Bonchev–Trinajstić information content (AvgIpc) is 3.43. The lowest BCUT2D eigenvalue weighted by Gasteiger charge is -2.20. The Kier molecular flexibility index (Phi) is 5.37. The van der Waals surface area contributed by atoms with Gasteiger partial charge in [-0.1, -0.05) is 57.9 Å². The quantitative estimate of drug-likeness (QED) is 0.307. The van der Waals surface area contributed by atoms with Crippen molar-refractivity contribution in [3.05, 3.63) is 99.1 Å². The maximum Gasteiger partial charge on any atom is 0.207 e. The number of benzene rings is 2. The molecular formula is C23H16BrClN4S. The van der Waals surface area contributed by atoms with Crippen LogP contribution in [0.1, 0.15) is 23.6 Å². The van der Waals surface area contributed by atoms with Crippen LogP contribution < -0.4 is 5.01 Å². The highest BCUT2D eigenvalue weighted by molar-refractivity contribution is 9.10. The van der Waals surface area contributed by atoms with E-state index in [0.29, 0.717) is 5.02 Å². The molecule has 0 N–H and O–H groups in total. The molecule has 1 unspecified atom stereocenters. The molecule has 1 aliphatic heterocycles. The van der Waals surface area contributed by atoms with Crippen LogP contribution >= 0.6 is 38.9 Å². The molecule has 4 nitrogen and oxygen atoms in total. The van der Waals surface area contributed by atoms with Gasteiger partial charge in [0.2, 0.25) is 5.13 Å². The number of rotatable bonds is 4. The first kappa shape index (κ1) is 19.4. The highest BCUT2D eigenvalue weighted by Gasteiger charge is 2.31. The molecule has 2 aromatic heterocycles. The molecule has 0 bridgehead atoms. The molecule has 148 valence electrons. The van der Waals surface area contributed by atoms with Crippen LogP contribution in [0.15, 0.2) is 88.0 Å². The first-order chi connectivity index (χ1) is 14.7. The molecule has 1 aliphatic rings. The van der Waals surface area contributed by atoms with Gasteiger partial charge >= 0.3 is 0 Å². The van der Waals surface area contributed by atoms with Gasteiger partial charge in [0, 0.05) is 39.3 Å². The SMILES string of the molecule is Clc1ccc(-c2csc(N3N=C(c4ccc(Br)cc4)CC3c3cccnc3)n2)cc1. The van der Waals surface area contributed by atoms with Crippen molar-refractivity contribution >= 4 is 49.7 Å². The Morgan fingerprint density at radius 1 is 1.00 bits per heavy atom. The summed E-state index contributed by atoms with van der Waals surface area (Å²) < 4.78 is 1.05. The van der Waals surface area contributed by atoms with Crippen molar-refractivity contribution in [2.24, 2.45) is 5.10 Å². The summed E-state index contributed by atoms with van der Waals surface area (Å²) >= 11 is 11.1. The second kappa shape index (κ2) is 8.30. The van der Waals surface area contributed by atoms with Crippen molar-refractivity contribution in [2.75, 3.05) is 5.01 Å². The van der Waals surface area contributed by atoms with Gasteiger partial charge in [0.15, 0.2) is 0 Å².